The van der Waals surface area contributed by atoms with Gasteiger partial charge < -0.3 is 10.1 Å². The number of aromatic nitrogens is 2. The van der Waals surface area contributed by atoms with Gasteiger partial charge >= 0.3 is 11.7 Å². The molecule has 22 heavy (non-hydrogen) atoms. The smallest absolute Gasteiger partial charge is 0.328 e. The number of allylic oxidation sites excluding steroid dienone is 1. The summed E-state index contributed by atoms with van der Waals surface area (Å²) in [7, 11) is 0. The van der Waals surface area contributed by atoms with Gasteiger partial charge in [-0.25, -0.2) is 4.79 Å². The summed E-state index contributed by atoms with van der Waals surface area (Å²) in [6.45, 7) is 5.22. The van der Waals surface area contributed by atoms with Gasteiger partial charge in [-0.3, -0.25) is 19.6 Å². The summed E-state index contributed by atoms with van der Waals surface area (Å²) in [4.78, 5) is 33.6. The van der Waals surface area contributed by atoms with Gasteiger partial charge in [0.1, 0.15) is 25.0 Å². The van der Waals surface area contributed by atoms with E-state index in [9.17, 15) is 19.7 Å². The number of hydrogen-bond donors (Lipinski definition) is 1. The van der Waals surface area contributed by atoms with Gasteiger partial charge in [0.25, 0.3) is 0 Å². The van der Waals surface area contributed by atoms with E-state index in [1.165, 1.54) is 0 Å². The lowest BCUT2D eigenvalue weighted by molar-refractivity contribution is -0.385. The maximum atomic E-state index is 11.9. The van der Waals surface area contributed by atoms with Crippen molar-refractivity contribution >= 4 is 17.6 Å². The Labute approximate surface area is 127 Å². The summed E-state index contributed by atoms with van der Waals surface area (Å²) in [5, 5.41) is 16.8. The number of carbonyl (C=O) groups is 2. The van der Waals surface area contributed by atoms with Crippen LogP contribution in [0.2, 0.25) is 0 Å². The SMILES string of the molecule is C=CCC[C@H](NC(=O)Cn1cc([N+](=O)[O-])cn1)C(=O)OCC. The number of carbonyl (C=O) groups excluding carboxylic acids is 2. The number of nitrogens with zero attached hydrogens (tertiary/aromatic N) is 3. The highest BCUT2D eigenvalue weighted by Crippen LogP contribution is 2.07. The molecule has 1 amide bonds. The summed E-state index contributed by atoms with van der Waals surface area (Å²) in [5.74, 6) is -1.01. The monoisotopic (exact) mass is 310 g/mol. The van der Waals surface area contributed by atoms with Crippen LogP contribution in [0, 0.1) is 10.1 Å². The van der Waals surface area contributed by atoms with Gasteiger partial charge in [-0.2, -0.15) is 5.10 Å². The van der Waals surface area contributed by atoms with Gasteiger partial charge in [0.2, 0.25) is 5.91 Å². The minimum Gasteiger partial charge on any atom is -0.464 e. The first kappa shape index (κ1) is 17.3. The van der Waals surface area contributed by atoms with E-state index in [1.807, 2.05) is 0 Å². The third-order valence-electron chi connectivity index (χ3n) is 2.70. The molecule has 0 fully saturated rings. The minimum atomic E-state index is -0.781. The molecule has 0 aliphatic heterocycles. The Hall–Kier alpha value is -2.71. The normalized spacial score (nSPS) is 11.5. The molecule has 0 aromatic carbocycles. The molecular formula is C13H18N4O5. The number of esters is 1. The van der Waals surface area contributed by atoms with Crippen LogP contribution >= 0.6 is 0 Å². The topological polar surface area (TPSA) is 116 Å². The van der Waals surface area contributed by atoms with Crippen LogP contribution in [-0.2, 0) is 20.9 Å². The van der Waals surface area contributed by atoms with Crippen LogP contribution in [0.3, 0.4) is 0 Å². The Morgan fingerprint density at radius 1 is 1.64 bits per heavy atom. The molecule has 0 unspecified atom stereocenters. The molecule has 120 valence electrons. The van der Waals surface area contributed by atoms with Crippen LogP contribution < -0.4 is 5.32 Å². The summed E-state index contributed by atoms with van der Waals surface area (Å²) < 4.78 is 6.02. The quantitative estimate of drug-likeness (QED) is 0.312. The van der Waals surface area contributed by atoms with Crippen LogP contribution in [0.25, 0.3) is 0 Å². The predicted octanol–water partition coefficient (Wildman–Crippen LogP) is 0.805. The Bertz CT molecular complexity index is 554. The number of nitro groups is 1. The van der Waals surface area contributed by atoms with Crippen LogP contribution in [-0.4, -0.2) is 39.2 Å². The maximum absolute atomic E-state index is 11.9. The van der Waals surface area contributed by atoms with Crippen molar-refractivity contribution in [3.8, 4) is 0 Å². The second kappa shape index (κ2) is 8.55. The van der Waals surface area contributed by atoms with Gasteiger partial charge in [0.05, 0.1) is 11.5 Å². The van der Waals surface area contributed by atoms with Crippen molar-refractivity contribution in [2.45, 2.75) is 32.4 Å². The van der Waals surface area contributed by atoms with Gasteiger partial charge in [0.15, 0.2) is 0 Å². The Morgan fingerprint density at radius 2 is 2.36 bits per heavy atom. The highest BCUT2D eigenvalue weighted by molar-refractivity contribution is 5.84. The van der Waals surface area contributed by atoms with Crippen molar-refractivity contribution in [1.29, 1.82) is 0 Å². The van der Waals surface area contributed by atoms with E-state index in [0.29, 0.717) is 12.8 Å². The number of nitrogens with one attached hydrogen (secondary N) is 1. The lowest BCUT2D eigenvalue weighted by Crippen LogP contribution is -2.43. The fourth-order valence-corrected chi connectivity index (χ4v) is 1.70. The van der Waals surface area contributed by atoms with E-state index >= 15 is 0 Å². The van der Waals surface area contributed by atoms with Crippen molar-refractivity contribution < 1.29 is 19.2 Å². The van der Waals surface area contributed by atoms with Gasteiger partial charge in [0, 0.05) is 0 Å². The average molecular weight is 310 g/mol. The molecule has 1 aromatic heterocycles. The van der Waals surface area contributed by atoms with E-state index in [1.54, 1.807) is 13.0 Å². The van der Waals surface area contributed by atoms with Crippen LogP contribution in [0.4, 0.5) is 5.69 Å². The molecule has 0 spiro atoms. The highest BCUT2D eigenvalue weighted by atomic mass is 16.6. The predicted molar refractivity (Wildman–Crippen MR) is 76.9 cm³/mol. The minimum absolute atomic E-state index is 0.207. The largest absolute Gasteiger partial charge is 0.464 e. The molecule has 0 radical (unpaired) electrons. The van der Waals surface area contributed by atoms with Gasteiger partial charge in [-0.1, -0.05) is 6.08 Å². The Morgan fingerprint density at radius 3 is 2.91 bits per heavy atom. The maximum Gasteiger partial charge on any atom is 0.328 e. The molecule has 0 aliphatic carbocycles. The fourth-order valence-electron chi connectivity index (χ4n) is 1.70. The summed E-state index contributed by atoms with van der Waals surface area (Å²) in [6.07, 6.45) is 4.73. The van der Waals surface area contributed by atoms with E-state index < -0.39 is 22.8 Å². The Kier molecular flexibility index (Phi) is 6.74. The summed E-state index contributed by atoms with van der Waals surface area (Å²) in [6, 6.07) is -0.781. The van der Waals surface area contributed by atoms with Crippen LogP contribution in [0.5, 0.6) is 0 Å². The lowest BCUT2D eigenvalue weighted by atomic mass is 10.1. The molecule has 1 atom stereocenters. The third kappa shape index (κ3) is 5.35. The number of hydrogen-bond acceptors (Lipinski definition) is 6. The molecule has 1 rings (SSSR count). The number of rotatable bonds is 9. The molecule has 1 heterocycles. The standard InChI is InChI=1S/C13H18N4O5/c1-3-5-6-11(13(19)22-4-2)15-12(18)9-16-8-10(7-14-16)17(20)21/h3,7-8,11H,1,4-6,9H2,2H3,(H,15,18)/t11-/m0/s1. The molecule has 0 aliphatic rings. The zero-order chi connectivity index (χ0) is 16.5. The lowest BCUT2D eigenvalue weighted by Gasteiger charge is -2.16. The summed E-state index contributed by atoms with van der Waals surface area (Å²) in [5.41, 5.74) is -0.207. The molecule has 9 nitrogen and oxygen atoms in total. The van der Waals surface area contributed by atoms with E-state index in [2.05, 4.69) is 17.0 Å². The zero-order valence-corrected chi connectivity index (χ0v) is 12.2. The van der Waals surface area contributed by atoms with E-state index in [4.69, 9.17) is 4.74 Å². The van der Waals surface area contributed by atoms with Crippen molar-refractivity contribution in [3.63, 3.8) is 0 Å². The first-order chi connectivity index (χ1) is 10.5. The highest BCUT2D eigenvalue weighted by Gasteiger charge is 2.21. The Balaban J connectivity index is 2.62. The van der Waals surface area contributed by atoms with Crippen LogP contribution in [0.15, 0.2) is 25.0 Å². The first-order valence-electron chi connectivity index (χ1n) is 6.71. The summed E-state index contributed by atoms with van der Waals surface area (Å²) >= 11 is 0. The van der Waals surface area contributed by atoms with E-state index in [-0.39, 0.29) is 18.8 Å². The van der Waals surface area contributed by atoms with Crippen molar-refractivity contribution in [2.24, 2.45) is 0 Å². The average Bonchev–Trinajstić information content (AvgIpc) is 2.92. The molecule has 1 aromatic rings. The first-order valence-corrected chi connectivity index (χ1v) is 6.71. The molecule has 0 saturated heterocycles. The number of amides is 1. The molecular weight excluding hydrogens is 292 g/mol. The fraction of sp³-hybridized carbons (Fsp3) is 0.462. The van der Waals surface area contributed by atoms with E-state index in [0.717, 1.165) is 17.1 Å². The molecule has 0 saturated carbocycles. The molecule has 0 bridgehead atoms. The van der Waals surface area contributed by atoms with Gasteiger partial charge in [-0.05, 0) is 19.8 Å². The second-order valence-electron chi connectivity index (χ2n) is 4.39. The van der Waals surface area contributed by atoms with Crippen LogP contribution in [0.1, 0.15) is 19.8 Å². The molecule has 1 N–H and O–H groups in total. The second-order valence-corrected chi connectivity index (χ2v) is 4.39. The zero-order valence-electron chi connectivity index (χ0n) is 12.2. The third-order valence-corrected chi connectivity index (χ3v) is 2.70. The van der Waals surface area contributed by atoms with Gasteiger partial charge in [-0.15, -0.1) is 6.58 Å². The van der Waals surface area contributed by atoms with Crippen molar-refractivity contribution in [3.05, 3.63) is 35.2 Å². The molecule has 9 heteroatoms. The van der Waals surface area contributed by atoms with Crippen molar-refractivity contribution in [2.75, 3.05) is 6.61 Å². The number of ether oxygens (including phenoxy) is 1. The van der Waals surface area contributed by atoms with Crippen molar-refractivity contribution in [1.82, 2.24) is 15.1 Å².